The van der Waals surface area contributed by atoms with Crippen LogP contribution >= 0.6 is 11.3 Å². The molecule has 0 saturated carbocycles. The van der Waals surface area contributed by atoms with Gasteiger partial charge in [0.05, 0.1) is 19.0 Å². The van der Waals surface area contributed by atoms with Gasteiger partial charge in [0.1, 0.15) is 10.6 Å². The van der Waals surface area contributed by atoms with Crippen molar-refractivity contribution in [3.8, 4) is 5.75 Å². The molecule has 6 nitrogen and oxygen atoms in total. The Balaban J connectivity index is 2.08. The van der Waals surface area contributed by atoms with Crippen LogP contribution in [0.15, 0.2) is 29.4 Å². The first kappa shape index (κ1) is 15.0. The zero-order chi connectivity index (χ0) is 15.2. The fourth-order valence-electron chi connectivity index (χ4n) is 1.61. The van der Waals surface area contributed by atoms with Gasteiger partial charge in [-0.25, -0.2) is 9.78 Å². The van der Waals surface area contributed by atoms with E-state index in [-0.39, 0.29) is 11.7 Å². The Kier molecular flexibility index (Phi) is 4.89. The zero-order valence-corrected chi connectivity index (χ0v) is 12.5. The van der Waals surface area contributed by atoms with Gasteiger partial charge in [-0.1, -0.05) is 18.3 Å². The number of rotatable bonds is 5. The summed E-state index contributed by atoms with van der Waals surface area (Å²) < 4.78 is 4.72. The summed E-state index contributed by atoms with van der Waals surface area (Å²) in [6.07, 6.45) is 2.24. The number of ether oxygens (including phenoxy) is 1. The number of esters is 1. The fraction of sp³-hybridized carbons (Fsp3) is 0.214. The lowest BCUT2D eigenvalue weighted by molar-refractivity contribution is 0.0605. The van der Waals surface area contributed by atoms with Crippen LogP contribution in [0.25, 0.3) is 0 Å². The summed E-state index contributed by atoms with van der Waals surface area (Å²) in [4.78, 5) is 16.4. The number of phenolic OH excluding ortho intramolecular Hbond substituents is 1. The van der Waals surface area contributed by atoms with E-state index in [1.54, 1.807) is 30.5 Å². The number of aryl methyl sites for hydroxylation is 1. The van der Waals surface area contributed by atoms with Crippen LogP contribution in [-0.4, -0.2) is 29.4 Å². The van der Waals surface area contributed by atoms with E-state index in [0.717, 1.165) is 5.56 Å². The fourth-order valence-corrected chi connectivity index (χ4v) is 2.54. The molecule has 2 rings (SSSR count). The Morgan fingerprint density at radius 2 is 2.19 bits per heavy atom. The van der Waals surface area contributed by atoms with Crippen molar-refractivity contribution in [1.82, 2.24) is 4.98 Å². The molecule has 110 valence electrons. The number of carbonyl (C=O) groups is 1. The summed E-state index contributed by atoms with van der Waals surface area (Å²) in [5.41, 5.74) is 4.31. The molecule has 0 spiro atoms. The number of anilines is 1. The quantitative estimate of drug-likeness (QED) is 0.504. The Bertz CT molecular complexity index is 650. The molecule has 2 N–H and O–H groups in total. The average Bonchev–Trinajstić information content (AvgIpc) is 2.92. The van der Waals surface area contributed by atoms with E-state index in [1.165, 1.54) is 18.4 Å². The molecule has 0 atom stereocenters. The molecule has 7 heteroatoms. The smallest absolute Gasteiger partial charge is 0.350 e. The third-order valence-corrected chi connectivity index (χ3v) is 3.65. The maximum absolute atomic E-state index is 11.6. The van der Waals surface area contributed by atoms with Crippen molar-refractivity contribution >= 4 is 28.7 Å². The number of thiazole rings is 1. The minimum absolute atomic E-state index is 0.204. The highest BCUT2D eigenvalue weighted by Gasteiger charge is 2.17. The number of aromatic hydroxyl groups is 1. The van der Waals surface area contributed by atoms with Crippen LogP contribution in [0.4, 0.5) is 5.13 Å². The molecule has 0 unspecified atom stereocenters. The minimum Gasteiger partial charge on any atom is -0.508 e. The van der Waals surface area contributed by atoms with Crippen molar-refractivity contribution < 1.29 is 14.6 Å². The third kappa shape index (κ3) is 3.79. The molecule has 0 aliphatic heterocycles. The molecule has 0 saturated heterocycles. The molecule has 0 bridgehead atoms. The molecule has 1 aromatic carbocycles. The van der Waals surface area contributed by atoms with Gasteiger partial charge < -0.3 is 9.84 Å². The molecule has 0 aliphatic carbocycles. The van der Waals surface area contributed by atoms with Gasteiger partial charge in [0, 0.05) is 0 Å². The van der Waals surface area contributed by atoms with E-state index in [0.29, 0.717) is 22.1 Å². The first-order valence-corrected chi connectivity index (χ1v) is 7.11. The molecule has 2 aromatic rings. The van der Waals surface area contributed by atoms with E-state index in [4.69, 9.17) is 4.74 Å². The number of hydrazone groups is 1. The number of aromatic nitrogens is 1. The summed E-state index contributed by atoms with van der Waals surface area (Å²) in [5.74, 6) is -0.185. The monoisotopic (exact) mass is 305 g/mol. The maximum Gasteiger partial charge on any atom is 0.350 e. The highest BCUT2D eigenvalue weighted by atomic mass is 32.1. The van der Waals surface area contributed by atoms with Gasteiger partial charge in [-0.2, -0.15) is 5.10 Å². The van der Waals surface area contributed by atoms with Crippen LogP contribution in [0.2, 0.25) is 0 Å². The Morgan fingerprint density at radius 1 is 1.48 bits per heavy atom. The number of benzene rings is 1. The van der Waals surface area contributed by atoms with Crippen LogP contribution < -0.4 is 5.43 Å². The summed E-state index contributed by atoms with van der Waals surface area (Å²) in [5, 5.41) is 13.8. The van der Waals surface area contributed by atoms with Crippen molar-refractivity contribution in [2.75, 3.05) is 12.5 Å². The lowest BCUT2D eigenvalue weighted by atomic mass is 10.2. The summed E-state index contributed by atoms with van der Waals surface area (Å²) in [6.45, 7) is 1.92. The van der Waals surface area contributed by atoms with Crippen LogP contribution in [0, 0.1) is 0 Å². The van der Waals surface area contributed by atoms with Gasteiger partial charge in [-0.15, -0.1) is 0 Å². The van der Waals surface area contributed by atoms with Crippen molar-refractivity contribution in [3.63, 3.8) is 0 Å². The van der Waals surface area contributed by atoms with E-state index in [1.807, 2.05) is 6.92 Å². The van der Waals surface area contributed by atoms with Gasteiger partial charge in [0.15, 0.2) is 0 Å². The van der Waals surface area contributed by atoms with Crippen molar-refractivity contribution in [1.29, 1.82) is 0 Å². The van der Waals surface area contributed by atoms with E-state index in [2.05, 4.69) is 15.5 Å². The molecule has 1 aromatic heterocycles. The highest BCUT2D eigenvalue weighted by molar-refractivity contribution is 7.17. The van der Waals surface area contributed by atoms with Crippen LogP contribution in [0.5, 0.6) is 5.75 Å². The van der Waals surface area contributed by atoms with Crippen LogP contribution in [-0.2, 0) is 11.2 Å². The van der Waals surface area contributed by atoms with Gasteiger partial charge in [0.2, 0.25) is 5.13 Å². The second kappa shape index (κ2) is 6.85. The lowest BCUT2D eigenvalue weighted by Crippen LogP contribution is -2.01. The standard InChI is InChI=1S/C14H15N3O3S/c1-3-11-12(13(19)20-2)21-14(16-11)17-15-8-9-4-6-10(18)7-5-9/h4-8,18H,3H2,1-2H3,(H,16,17)/b15-8-. The highest BCUT2D eigenvalue weighted by Crippen LogP contribution is 2.24. The number of carbonyl (C=O) groups excluding carboxylic acids is 1. The van der Waals surface area contributed by atoms with Gasteiger partial charge in [0.25, 0.3) is 0 Å². The number of hydrogen-bond acceptors (Lipinski definition) is 7. The molecular formula is C14H15N3O3S. The van der Waals surface area contributed by atoms with Crippen molar-refractivity contribution in [2.24, 2.45) is 5.10 Å². The van der Waals surface area contributed by atoms with Gasteiger partial charge in [-0.05, 0) is 36.2 Å². The third-order valence-electron chi connectivity index (χ3n) is 2.67. The van der Waals surface area contributed by atoms with Gasteiger partial charge in [-0.3, -0.25) is 5.43 Å². The number of hydrogen-bond donors (Lipinski definition) is 2. The Labute approximate surface area is 126 Å². The summed E-state index contributed by atoms with van der Waals surface area (Å²) >= 11 is 1.20. The number of nitrogens with one attached hydrogen (secondary N) is 1. The molecule has 0 fully saturated rings. The summed E-state index contributed by atoms with van der Waals surface area (Å²) in [7, 11) is 1.34. The molecule has 21 heavy (non-hydrogen) atoms. The lowest BCUT2D eigenvalue weighted by Gasteiger charge is -1.95. The molecule has 1 heterocycles. The number of phenols is 1. The predicted octanol–water partition coefficient (Wildman–Crippen LogP) is 2.64. The van der Waals surface area contributed by atoms with Crippen molar-refractivity contribution in [2.45, 2.75) is 13.3 Å². The minimum atomic E-state index is -0.389. The molecule has 0 aliphatic rings. The van der Waals surface area contributed by atoms with E-state index < -0.39 is 0 Å². The topological polar surface area (TPSA) is 83.8 Å². The summed E-state index contributed by atoms with van der Waals surface area (Å²) in [6, 6.07) is 6.63. The molecular weight excluding hydrogens is 290 g/mol. The Hall–Kier alpha value is -2.41. The molecule has 0 radical (unpaired) electrons. The maximum atomic E-state index is 11.6. The first-order chi connectivity index (χ1) is 10.1. The van der Waals surface area contributed by atoms with E-state index in [9.17, 15) is 9.90 Å². The molecule has 0 amide bonds. The normalized spacial score (nSPS) is 10.8. The second-order valence-electron chi connectivity index (χ2n) is 4.10. The van der Waals surface area contributed by atoms with Crippen LogP contribution in [0.3, 0.4) is 0 Å². The predicted molar refractivity (Wildman–Crippen MR) is 82.2 cm³/mol. The number of methoxy groups -OCH3 is 1. The largest absolute Gasteiger partial charge is 0.508 e. The SMILES string of the molecule is CCc1nc(N/N=C\c2ccc(O)cc2)sc1C(=O)OC. The van der Waals surface area contributed by atoms with Gasteiger partial charge >= 0.3 is 5.97 Å². The van der Waals surface area contributed by atoms with E-state index >= 15 is 0 Å². The van der Waals surface area contributed by atoms with Crippen LogP contribution in [0.1, 0.15) is 27.9 Å². The second-order valence-corrected chi connectivity index (χ2v) is 5.10. The van der Waals surface area contributed by atoms with Crippen molar-refractivity contribution in [3.05, 3.63) is 40.4 Å². The zero-order valence-electron chi connectivity index (χ0n) is 11.7. The number of nitrogens with zero attached hydrogens (tertiary/aromatic N) is 2. The average molecular weight is 305 g/mol. The first-order valence-electron chi connectivity index (χ1n) is 6.30. The Morgan fingerprint density at radius 3 is 2.81 bits per heavy atom.